The van der Waals surface area contributed by atoms with E-state index in [1.807, 2.05) is 0 Å². The zero-order valence-electron chi connectivity index (χ0n) is 6.41. The molecular weight excluding hydrogens is 132 g/mol. The molecule has 0 aliphatic heterocycles. The van der Waals surface area contributed by atoms with Gasteiger partial charge in [0.15, 0.2) is 5.79 Å². The predicted octanol–water partition coefficient (Wildman–Crippen LogP) is -1.25. The third-order valence-corrected chi connectivity index (χ3v) is 1.62. The van der Waals surface area contributed by atoms with Gasteiger partial charge in [0, 0.05) is 6.04 Å². The zero-order valence-corrected chi connectivity index (χ0v) is 6.41. The van der Waals surface area contributed by atoms with Gasteiger partial charge in [-0.15, -0.1) is 0 Å². The molecule has 10 heavy (non-hydrogen) atoms. The molecule has 0 saturated heterocycles. The first kappa shape index (κ1) is 9.84. The second-order valence-corrected chi connectivity index (χ2v) is 2.62. The molecule has 0 amide bonds. The highest BCUT2D eigenvalue weighted by Gasteiger charge is 2.31. The molecule has 0 aliphatic rings. The van der Waals surface area contributed by atoms with Crippen LogP contribution >= 0.6 is 0 Å². The molecule has 0 bridgehead atoms. The Hall–Kier alpha value is -0.160. The van der Waals surface area contributed by atoms with E-state index in [1.54, 1.807) is 13.8 Å². The van der Waals surface area contributed by atoms with Gasteiger partial charge in [0.1, 0.15) is 0 Å². The van der Waals surface area contributed by atoms with Gasteiger partial charge in [0.2, 0.25) is 0 Å². The molecule has 0 radical (unpaired) electrons. The molecule has 0 aromatic carbocycles. The number of hydrogen-bond donors (Lipinski definition) is 4. The Morgan fingerprint density at radius 3 is 1.90 bits per heavy atom. The molecule has 0 fully saturated rings. The largest absolute Gasteiger partial charge is 0.364 e. The van der Waals surface area contributed by atoms with Crippen LogP contribution in [0.5, 0.6) is 0 Å². The fourth-order valence-corrected chi connectivity index (χ4v) is 0.657. The molecule has 62 valence electrons. The highest BCUT2D eigenvalue weighted by Crippen LogP contribution is 2.10. The molecule has 6 N–H and O–H groups in total. The fraction of sp³-hybridized carbons (Fsp3) is 1.00. The zero-order chi connectivity index (χ0) is 8.36. The summed E-state index contributed by atoms with van der Waals surface area (Å²) in [6.45, 7) is 3.28. The molecule has 0 aromatic heterocycles. The van der Waals surface area contributed by atoms with Crippen molar-refractivity contribution in [3.8, 4) is 0 Å². The van der Waals surface area contributed by atoms with Crippen LogP contribution in [-0.2, 0) is 0 Å². The van der Waals surface area contributed by atoms with E-state index in [0.717, 1.165) is 0 Å². The Morgan fingerprint density at radius 2 is 1.80 bits per heavy atom. The van der Waals surface area contributed by atoms with E-state index >= 15 is 0 Å². The first-order valence-corrected chi connectivity index (χ1v) is 3.37. The number of nitrogens with two attached hydrogens (primary N) is 2. The van der Waals surface area contributed by atoms with Crippen LogP contribution in [0.1, 0.15) is 20.3 Å². The standard InChI is InChI=1S/C6H16N2O2/c1-3-6(9,10)5(8)4(2)7/h4-5,9-10H,3,7-8H2,1-2H3. The average molecular weight is 148 g/mol. The smallest absolute Gasteiger partial charge is 0.179 e. The molecule has 2 atom stereocenters. The van der Waals surface area contributed by atoms with E-state index in [0.29, 0.717) is 0 Å². The fourth-order valence-electron chi connectivity index (χ4n) is 0.657. The maximum atomic E-state index is 9.11. The van der Waals surface area contributed by atoms with Crippen LogP contribution in [0.15, 0.2) is 0 Å². The molecule has 4 heteroatoms. The Bertz CT molecular complexity index is 104. The lowest BCUT2D eigenvalue weighted by atomic mass is 10.00. The van der Waals surface area contributed by atoms with Crippen LogP contribution in [0.2, 0.25) is 0 Å². The number of rotatable bonds is 3. The third-order valence-electron chi connectivity index (χ3n) is 1.62. The maximum absolute atomic E-state index is 9.11. The average Bonchev–Trinajstić information content (AvgIpc) is 1.86. The van der Waals surface area contributed by atoms with E-state index < -0.39 is 17.9 Å². The summed E-state index contributed by atoms with van der Waals surface area (Å²) in [6.07, 6.45) is 0.190. The van der Waals surface area contributed by atoms with Crippen molar-refractivity contribution >= 4 is 0 Å². The molecule has 0 aromatic rings. The maximum Gasteiger partial charge on any atom is 0.179 e. The summed E-state index contributed by atoms with van der Waals surface area (Å²) in [6, 6.07) is -1.19. The molecule has 0 aliphatic carbocycles. The van der Waals surface area contributed by atoms with Gasteiger partial charge in [-0.25, -0.2) is 0 Å². The van der Waals surface area contributed by atoms with Crippen molar-refractivity contribution in [1.29, 1.82) is 0 Å². The first-order chi connectivity index (χ1) is 4.41. The minimum absolute atomic E-state index is 0.190. The van der Waals surface area contributed by atoms with Gasteiger partial charge in [0.05, 0.1) is 6.04 Å². The minimum Gasteiger partial charge on any atom is -0.364 e. The summed E-state index contributed by atoms with van der Waals surface area (Å²) in [7, 11) is 0. The second-order valence-electron chi connectivity index (χ2n) is 2.62. The molecule has 4 nitrogen and oxygen atoms in total. The molecular formula is C6H16N2O2. The normalized spacial score (nSPS) is 18.6. The summed E-state index contributed by atoms with van der Waals surface area (Å²) < 4.78 is 0. The summed E-state index contributed by atoms with van der Waals surface area (Å²) in [5, 5.41) is 18.2. The van der Waals surface area contributed by atoms with Crippen molar-refractivity contribution in [3.05, 3.63) is 0 Å². The van der Waals surface area contributed by atoms with Crippen molar-refractivity contribution in [2.45, 2.75) is 38.1 Å². The lowest BCUT2D eigenvalue weighted by Crippen LogP contribution is -2.56. The van der Waals surface area contributed by atoms with Crippen LogP contribution in [0.3, 0.4) is 0 Å². The van der Waals surface area contributed by atoms with Gasteiger partial charge in [-0.05, 0) is 13.3 Å². The van der Waals surface area contributed by atoms with Gasteiger partial charge in [-0.3, -0.25) is 0 Å². The van der Waals surface area contributed by atoms with Crippen LogP contribution in [0.4, 0.5) is 0 Å². The molecule has 0 heterocycles. The molecule has 0 rings (SSSR count). The Kier molecular flexibility index (Phi) is 3.24. The van der Waals surface area contributed by atoms with Crippen molar-refractivity contribution in [3.63, 3.8) is 0 Å². The van der Waals surface area contributed by atoms with Gasteiger partial charge >= 0.3 is 0 Å². The minimum atomic E-state index is -1.83. The van der Waals surface area contributed by atoms with E-state index in [2.05, 4.69) is 0 Å². The first-order valence-electron chi connectivity index (χ1n) is 3.37. The van der Waals surface area contributed by atoms with Crippen LogP contribution in [0, 0.1) is 0 Å². The van der Waals surface area contributed by atoms with Crippen molar-refractivity contribution < 1.29 is 10.2 Å². The van der Waals surface area contributed by atoms with Crippen LogP contribution in [0.25, 0.3) is 0 Å². The Balaban J connectivity index is 4.03. The van der Waals surface area contributed by atoms with Gasteiger partial charge in [0.25, 0.3) is 0 Å². The van der Waals surface area contributed by atoms with Gasteiger partial charge in [-0.1, -0.05) is 6.92 Å². The van der Waals surface area contributed by atoms with E-state index in [1.165, 1.54) is 0 Å². The lowest BCUT2D eigenvalue weighted by molar-refractivity contribution is -0.180. The third kappa shape index (κ3) is 2.22. The monoisotopic (exact) mass is 148 g/mol. The summed E-state index contributed by atoms with van der Waals surface area (Å²) in [5.41, 5.74) is 10.7. The van der Waals surface area contributed by atoms with Crippen molar-refractivity contribution in [2.75, 3.05) is 0 Å². The SMILES string of the molecule is CCC(O)(O)C(N)C(C)N. The highest BCUT2D eigenvalue weighted by molar-refractivity contribution is 4.84. The second kappa shape index (κ2) is 3.30. The van der Waals surface area contributed by atoms with E-state index in [9.17, 15) is 0 Å². The van der Waals surface area contributed by atoms with Gasteiger partial charge < -0.3 is 21.7 Å². The predicted molar refractivity (Wildman–Crippen MR) is 39.1 cm³/mol. The van der Waals surface area contributed by atoms with Crippen molar-refractivity contribution in [2.24, 2.45) is 11.5 Å². The van der Waals surface area contributed by atoms with Crippen molar-refractivity contribution in [1.82, 2.24) is 0 Å². The molecule has 0 spiro atoms. The summed E-state index contributed by atoms with van der Waals surface area (Å²) in [5.74, 6) is -1.83. The topological polar surface area (TPSA) is 92.5 Å². The van der Waals surface area contributed by atoms with Gasteiger partial charge in [-0.2, -0.15) is 0 Å². The number of aliphatic hydroxyl groups is 2. The quantitative estimate of drug-likeness (QED) is 0.376. The molecule has 0 saturated carbocycles. The van der Waals surface area contributed by atoms with E-state index in [-0.39, 0.29) is 6.42 Å². The highest BCUT2D eigenvalue weighted by atomic mass is 16.5. The lowest BCUT2D eigenvalue weighted by Gasteiger charge is -2.29. The van der Waals surface area contributed by atoms with Crippen LogP contribution < -0.4 is 11.5 Å². The van der Waals surface area contributed by atoms with E-state index in [4.69, 9.17) is 21.7 Å². The summed E-state index contributed by atoms with van der Waals surface area (Å²) in [4.78, 5) is 0. The Morgan fingerprint density at radius 1 is 1.40 bits per heavy atom. The number of hydrogen-bond acceptors (Lipinski definition) is 4. The van der Waals surface area contributed by atoms with Crippen LogP contribution in [-0.4, -0.2) is 28.1 Å². The summed E-state index contributed by atoms with van der Waals surface area (Å²) >= 11 is 0. The molecule has 2 unspecified atom stereocenters. The Labute approximate surface area is 60.8 Å².